The largest absolute Gasteiger partial charge is 0.416 e. The highest BCUT2D eigenvalue weighted by Gasteiger charge is 2.32. The lowest BCUT2D eigenvalue weighted by Crippen LogP contribution is -2.33. The zero-order valence-electron chi connectivity index (χ0n) is 15.3. The van der Waals surface area contributed by atoms with Gasteiger partial charge in [-0.25, -0.2) is 4.98 Å². The van der Waals surface area contributed by atoms with Gasteiger partial charge in [0, 0.05) is 30.5 Å². The van der Waals surface area contributed by atoms with Gasteiger partial charge >= 0.3 is 6.18 Å². The van der Waals surface area contributed by atoms with E-state index in [2.05, 4.69) is 10.3 Å². The molecule has 0 aliphatic carbocycles. The standard InChI is InChI=1S/C19H17F3N4O2/c1-11(2)26(3)18(28)13-6-14(19(20,21)22)8-15(7-13)25-17(27)16-5-4-12(9-23)10-24-16/h4-8,10-11H,1-3H3,(H,25,27). The Labute approximate surface area is 159 Å². The zero-order chi connectivity index (χ0) is 21.1. The van der Waals surface area contributed by atoms with Crippen LogP contribution in [0.15, 0.2) is 36.5 Å². The molecule has 0 bridgehead atoms. The number of carbonyl (C=O) groups excluding carboxylic acids is 2. The Morgan fingerprint density at radius 3 is 2.39 bits per heavy atom. The van der Waals surface area contributed by atoms with Gasteiger partial charge in [-0.2, -0.15) is 18.4 Å². The number of halogens is 3. The van der Waals surface area contributed by atoms with Crippen molar-refractivity contribution in [1.82, 2.24) is 9.88 Å². The van der Waals surface area contributed by atoms with Crippen LogP contribution in [-0.4, -0.2) is 34.8 Å². The minimum Gasteiger partial charge on any atom is -0.339 e. The molecular weight excluding hydrogens is 373 g/mol. The van der Waals surface area contributed by atoms with Gasteiger partial charge in [-0.1, -0.05) is 0 Å². The number of hydrogen-bond acceptors (Lipinski definition) is 4. The average molecular weight is 390 g/mol. The van der Waals surface area contributed by atoms with Crippen molar-refractivity contribution < 1.29 is 22.8 Å². The van der Waals surface area contributed by atoms with Crippen molar-refractivity contribution in [2.45, 2.75) is 26.1 Å². The van der Waals surface area contributed by atoms with E-state index in [4.69, 9.17) is 5.26 Å². The first-order valence-electron chi connectivity index (χ1n) is 8.20. The molecule has 0 saturated carbocycles. The van der Waals surface area contributed by atoms with E-state index in [9.17, 15) is 22.8 Å². The van der Waals surface area contributed by atoms with Crippen LogP contribution in [-0.2, 0) is 6.18 Å². The molecule has 2 amide bonds. The molecule has 28 heavy (non-hydrogen) atoms. The van der Waals surface area contributed by atoms with Crippen LogP contribution in [0.4, 0.5) is 18.9 Å². The molecule has 0 fully saturated rings. The van der Waals surface area contributed by atoms with E-state index in [0.717, 1.165) is 12.1 Å². The fourth-order valence-corrected chi connectivity index (χ4v) is 2.21. The van der Waals surface area contributed by atoms with Gasteiger partial charge < -0.3 is 10.2 Å². The molecule has 146 valence electrons. The molecule has 0 atom stereocenters. The van der Waals surface area contributed by atoms with Gasteiger partial charge in [-0.15, -0.1) is 0 Å². The predicted molar refractivity (Wildman–Crippen MR) is 95.6 cm³/mol. The first-order chi connectivity index (χ1) is 13.0. The van der Waals surface area contributed by atoms with Crippen molar-refractivity contribution in [3.8, 4) is 6.07 Å². The molecule has 9 heteroatoms. The van der Waals surface area contributed by atoms with Crippen LogP contribution in [0, 0.1) is 11.3 Å². The summed E-state index contributed by atoms with van der Waals surface area (Å²) in [6, 6.07) is 6.93. The second-order valence-corrected chi connectivity index (χ2v) is 6.30. The van der Waals surface area contributed by atoms with E-state index < -0.39 is 23.6 Å². The van der Waals surface area contributed by atoms with Crippen LogP contribution in [0.1, 0.15) is 45.8 Å². The number of pyridine rings is 1. The van der Waals surface area contributed by atoms with Crippen molar-refractivity contribution in [2.75, 3.05) is 12.4 Å². The number of anilines is 1. The van der Waals surface area contributed by atoms with Gasteiger partial charge in [0.05, 0.1) is 11.1 Å². The molecule has 2 aromatic rings. The third kappa shape index (κ3) is 4.85. The fraction of sp³-hybridized carbons (Fsp3) is 0.263. The minimum atomic E-state index is -4.70. The summed E-state index contributed by atoms with van der Waals surface area (Å²) in [5, 5.41) is 11.1. The SMILES string of the molecule is CC(C)N(C)C(=O)c1cc(NC(=O)c2ccc(C#N)cn2)cc(C(F)(F)F)c1. The fourth-order valence-electron chi connectivity index (χ4n) is 2.21. The summed E-state index contributed by atoms with van der Waals surface area (Å²) >= 11 is 0. The van der Waals surface area contributed by atoms with Gasteiger partial charge in [0.15, 0.2) is 0 Å². The summed E-state index contributed by atoms with van der Waals surface area (Å²) in [7, 11) is 1.48. The molecule has 1 aromatic heterocycles. The lowest BCUT2D eigenvalue weighted by atomic mass is 10.1. The van der Waals surface area contributed by atoms with Crippen molar-refractivity contribution in [3.05, 3.63) is 58.9 Å². The van der Waals surface area contributed by atoms with Gasteiger partial charge in [-0.05, 0) is 44.2 Å². The molecule has 1 N–H and O–H groups in total. The highest BCUT2D eigenvalue weighted by molar-refractivity contribution is 6.04. The normalized spacial score (nSPS) is 11.1. The Balaban J connectivity index is 2.39. The summed E-state index contributed by atoms with van der Waals surface area (Å²) in [5.41, 5.74) is -1.29. The maximum atomic E-state index is 13.2. The number of nitriles is 1. The van der Waals surface area contributed by atoms with Crippen LogP contribution in [0.25, 0.3) is 0 Å². The highest BCUT2D eigenvalue weighted by atomic mass is 19.4. The van der Waals surface area contributed by atoms with Crippen molar-refractivity contribution in [3.63, 3.8) is 0 Å². The highest BCUT2D eigenvalue weighted by Crippen LogP contribution is 2.32. The van der Waals surface area contributed by atoms with Gasteiger partial charge in [0.1, 0.15) is 11.8 Å². The van der Waals surface area contributed by atoms with E-state index in [-0.39, 0.29) is 28.6 Å². The zero-order valence-corrected chi connectivity index (χ0v) is 15.3. The third-order valence-electron chi connectivity index (χ3n) is 3.99. The molecule has 0 aliphatic heterocycles. The quantitative estimate of drug-likeness (QED) is 0.862. The van der Waals surface area contributed by atoms with E-state index in [1.54, 1.807) is 13.8 Å². The molecular formula is C19H17F3N4O2. The summed E-state index contributed by atoms with van der Waals surface area (Å²) in [5.74, 6) is -1.37. The summed E-state index contributed by atoms with van der Waals surface area (Å²) < 4.78 is 39.7. The molecule has 2 rings (SSSR count). The number of carbonyl (C=O) groups is 2. The van der Waals surface area contributed by atoms with Crippen molar-refractivity contribution >= 4 is 17.5 Å². The smallest absolute Gasteiger partial charge is 0.339 e. The Bertz CT molecular complexity index is 932. The molecule has 0 spiro atoms. The molecule has 1 aromatic carbocycles. The Morgan fingerprint density at radius 2 is 1.89 bits per heavy atom. The van der Waals surface area contributed by atoms with E-state index >= 15 is 0 Å². The van der Waals surface area contributed by atoms with Crippen molar-refractivity contribution in [2.24, 2.45) is 0 Å². The van der Waals surface area contributed by atoms with E-state index in [0.29, 0.717) is 0 Å². The minimum absolute atomic E-state index is 0.0800. The first-order valence-corrected chi connectivity index (χ1v) is 8.20. The number of amides is 2. The number of nitrogens with one attached hydrogen (secondary N) is 1. The van der Waals surface area contributed by atoms with E-state index in [1.165, 1.54) is 36.3 Å². The molecule has 0 saturated heterocycles. The number of rotatable bonds is 4. The number of nitrogens with zero attached hydrogens (tertiary/aromatic N) is 3. The molecule has 1 heterocycles. The number of benzene rings is 1. The van der Waals surface area contributed by atoms with Crippen LogP contribution < -0.4 is 5.32 Å². The number of aromatic nitrogens is 1. The number of alkyl halides is 3. The summed E-state index contributed by atoms with van der Waals surface area (Å²) in [4.78, 5) is 29.8. The third-order valence-corrected chi connectivity index (χ3v) is 3.99. The summed E-state index contributed by atoms with van der Waals surface area (Å²) in [6.07, 6.45) is -3.52. The molecule has 6 nitrogen and oxygen atoms in total. The topological polar surface area (TPSA) is 86.1 Å². The molecule has 0 radical (unpaired) electrons. The second-order valence-electron chi connectivity index (χ2n) is 6.30. The maximum absolute atomic E-state index is 13.2. The van der Waals surface area contributed by atoms with Gasteiger partial charge in [-0.3, -0.25) is 9.59 Å². The van der Waals surface area contributed by atoms with Crippen LogP contribution in [0.5, 0.6) is 0 Å². The Kier molecular flexibility index (Phi) is 6.03. The number of hydrogen-bond donors (Lipinski definition) is 1. The van der Waals surface area contributed by atoms with Crippen LogP contribution >= 0.6 is 0 Å². The lowest BCUT2D eigenvalue weighted by molar-refractivity contribution is -0.137. The average Bonchev–Trinajstić information content (AvgIpc) is 2.65. The molecule has 0 unspecified atom stereocenters. The second kappa shape index (κ2) is 8.08. The Morgan fingerprint density at radius 1 is 1.21 bits per heavy atom. The first kappa shape index (κ1) is 20.9. The lowest BCUT2D eigenvalue weighted by Gasteiger charge is -2.22. The van der Waals surface area contributed by atoms with Crippen LogP contribution in [0.2, 0.25) is 0 Å². The molecule has 0 aliphatic rings. The predicted octanol–water partition coefficient (Wildman–Crippen LogP) is 3.70. The maximum Gasteiger partial charge on any atom is 0.416 e. The van der Waals surface area contributed by atoms with Crippen LogP contribution in [0.3, 0.4) is 0 Å². The van der Waals surface area contributed by atoms with E-state index in [1.807, 2.05) is 6.07 Å². The monoisotopic (exact) mass is 390 g/mol. The van der Waals surface area contributed by atoms with Gasteiger partial charge in [0.25, 0.3) is 11.8 Å². The summed E-state index contributed by atoms with van der Waals surface area (Å²) in [6.45, 7) is 3.45. The van der Waals surface area contributed by atoms with Gasteiger partial charge in [0.2, 0.25) is 0 Å². The van der Waals surface area contributed by atoms with Crippen molar-refractivity contribution in [1.29, 1.82) is 5.26 Å². The Hall–Kier alpha value is -3.41.